The minimum absolute atomic E-state index is 0.328. The standard InChI is InChI=1S/C11H15ClN2S/c1-2-9(12)4-3-5-10-8-14-6-7-15-11(14)13-10/h6-9H,2-5H2,1H3. The van der Waals surface area contributed by atoms with Gasteiger partial charge in [0, 0.05) is 23.2 Å². The molecule has 0 aliphatic carbocycles. The Morgan fingerprint density at radius 3 is 3.20 bits per heavy atom. The van der Waals surface area contributed by atoms with E-state index in [4.69, 9.17) is 11.6 Å². The minimum atomic E-state index is 0.328. The first kappa shape index (κ1) is 11.0. The number of alkyl halides is 1. The lowest BCUT2D eigenvalue weighted by Crippen LogP contribution is -1.97. The molecule has 15 heavy (non-hydrogen) atoms. The van der Waals surface area contributed by atoms with Gasteiger partial charge in [-0.15, -0.1) is 22.9 Å². The molecule has 0 bridgehead atoms. The second kappa shape index (κ2) is 4.99. The van der Waals surface area contributed by atoms with Crippen LogP contribution in [0, 0.1) is 0 Å². The van der Waals surface area contributed by atoms with Crippen LogP contribution in [0.1, 0.15) is 31.9 Å². The van der Waals surface area contributed by atoms with E-state index in [1.165, 1.54) is 5.69 Å². The highest BCUT2D eigenvalue weighted by molar-refractivity contribution is 7.15. The number of aromatic nitrogens is 2. The molecule has 0 amide bonds. The topological polar surface area (TPSA) is 17.3 Å². The monoisotopic (exact) mass is 242 g/mol. The Morgan fingerprint density at radius 2 is 2.47 bits per heavy atom. The number of hydrogen-bond donors (Lipinski definition) is 0. The van der Waals surface area contributed by atoms with E-state index in [1.807, 2.05) is 6.20 Å². The van der Waals surface area contributed by atoms with Crippen molar-refractivity contribution in [3.8, 4) is 0 Å². The summed E-state index contributed by atoms with van der Waals surface area (Å²) >= 11 is 7.74. The van der Waals surface area contributed by atoms with E-state index in [9.17, 15) is 0 Å². The first-order valence-corrected chi connectivity index (χ1v) is 6.66. The molecule has 2 aromatic heterocycles. The molecule has 0 spiro atoms. The van der Waals surface area contributed by atoms with Crippen molar-refractivity contribution in [3.63, 3.8) is 0 Å². The fourth-order valence-electron chi connectivity index (χ4n) is 1.61. The smallest absolute Gasteiger partial charge is 0.193 e. The first-order valence-electron chi connectivity index (χ1n) is 5.34. The molecule has 0 fully saturated rings. The van der Waals surface area contributed by atoms with Crippen molar-refractivity contribution in [2.75, 3.05) is 0 Å². The summed E-state index contributed by atoms with van der Waals surface area (Å²) < 4.78 is 2.08. The van der Waals surface area contributed by atoms with E-state index >= 15 is 0 Å². The van der Waals surface area contributed by atoms with Crippen LogP contribution < -0.4 is 0 Å². The number of fused-ring (bicyclic) bond motifs is 1. The Labute approximate surface area is 98.9 Å². The second-order valence-corrected chi connectivity index (χ2v) is 5.21. The highest BCUT2D eigenvalue weighted by atomic mass is 35.5. The molecule has 1 unspecified atom stereocenters. The molecule has 0 aromatic carbocycles. The van der Waals surface area contributed by atoms with Crippen LogP contribution in [0.2, 0.25) is 0 Å². The lowest BCUT2D eigenvalue weighted by Gasteiger charge is -2.03. The lowest BCUT2D eigenvalue weighted by molar-refractivity contribution is 0.670. The van der Waals surface area contributed by atoms with Crippen LogP contribution in [0.25, 0.3) is 4.96 Å². The van der Waals surface area contributed by atoms with Crippen molar-refractivity contribution >= 4 is 27.9 Å². The van der Waals surface area contributed by atoms with E-state index in [0.29, 0.717) is 5.38 Å². The molecule has 2 heterocycles. The van der Waals surface area contributed by atoms with Crippen molar-refractivity contribution < 1.29 is 0 Å². The summed E-state index contributed by atoms with van der Waals surface area (Å²) in [7, 11) is 0. The Balaban J connectivity index is 1.87. The van der Waals surface area contributed by atoms with Gasteiger partial charge in [-0.2, -0.15) is 0 Å². The van der Waals surface area contributed by atoms with E-state index in [1.54, 1.807) is 11.3 Å². The van der Waals surface area contributed by atoms with Crippen LogP contribution in [0.15, 0.2) is 17.8 Å². The Morgan fingerprint density at radius 1 is 1.60 bits per heavy atom. The zero-order chi connectivity index (χ0) is 10.7. The Bertz CT molecular complexity index is 392. The second-order valence-electron chi connectivity index (χ2n) is 3.72. The molecule has 0 N–H and O–H groups in total. The van der Waals surface area contributed by atoms with Gasteiger partial charge in [0.2, 0.25) is 0 Å². The first-order chi connectivity index (χ1) is 7.29. The number of imidazole rings is 1. The maximum atomic E-state index is 6.07. The predicted molar refractivity (Wildman–Crippen MR) is 65.9 cm³/mol. The molecule has 0 aliphatic heterocycles. The number of nitrogens with zero attached hydrogens (tertiary/aromatic N) is 2. The van der Waals surface area contributed by atoms with Crippen molar-refractivity contribution in [1.29, 1.82) is 0 Å². The maximum absolute atomic E-state index is 6.07. The zero-order valence-corrected chi connectivity index (χ0v) is 10.4. The Kier molecular flexibility index (Phi) is 3.65. The molecule has 2 aromatic rings. The van der Waals surface area contributed by atoms with Crippen LogP contribution in [-0.2, 0) is 6.42 Å². The average Bonchev–Trinajstić information content (AvgIpc) is 2.77. The van der Waals surface area contributed by atoms with E-state index in [0.717, 1.165) is 30.6 Å². The third kappa shape index (κ3) is 2.73. The van der Waals surface area contributed by atoms with Gasteiger partial charge >= 0.3 is 0 Å². The highest BCUT2D eigenvalue weighted by Gasteiger charge is 2.04. The molecule has 0 saturated carbocycles. The normalized spacial score (nSPS) is 13.5. The van der Waals surface area contributed by atoms with Crippen molar-refractivity contribution in [2.45, 2.75) is 38.0 Å². The molecule has 2 nitrogen and oxygen atoms in total. The van der Waals surface area contributed by atoms with Gasteiger partial charge in [-0.1, -0.05) is 6.92 Å². The van der Waals surface area contributed by atoms with Gasteiger partial charge in [-0.05, 0) is 25.7 Å². The van der Waals surface area contributed by atoms with Crippen molar-refractivity contribution in [2.24, 2.45) is 0 Å². The zero-order valence-electron chi connectivity index (χ0n) is 8.82. The summed E-state index contributed by atoms with van der Waals surface area (Å²) in [6.07, 6.45) is 8.47. The summed E-state index contributed by atoms with van der Waals surface area (Å²) in [6, 6.07) is 0. The van der Waals surface area contributed by atoms with Gasteiger partial charge in [0.15, 0.2) is 4.96 Å². The van der Waals surface area contributed by atoms with Crippen molar-refractivity contribution in [3.05, 3.63) is 23.5 Å². The molecule has 0 saturated heterocycles. The fourth-order valence-corrected chi connectivity index (χ4v) is 2.48. The van der Waals surface area contributed by atoms with Crippen LogP contribution in [0.3, 0.4) is 0 Å². The van der Waals surface area contributed by atoms with Gasteiger partial charge in [-0.3, -0.25) is 4.40 Å². The maximum Gasteiger partial charge on any atom is 0.193 e. The van der Waals surface area contributed by atoms with Crippen molar-refractivity contribution in [1.82, 2.24) is 9.38 Å². The predicted octanol–water partition coefficient (Wildman–Crippen LogP) is 3.74. The quantitative estimate of drug-likeness (QED) is 0.731. The molecule has 0 radical (unpaired) electrons. The molecule has 2 rings (SSSR count). The molecule has 0 aliphatic rings. The van der Waals surface area contributed by atoms with Crippen LogP contribution in [0.5, 0.6) is 0 Å². The molecular weight excluding hydrogens is 228 g/mol. The average molecular weight is 243 g/mol. The number of aryl methyl sites for hydroxylation is 1. The summed E-state index contributed by atoms with van der Waals surface area (Å²) in [5.41, 5.74) is 1.18. The van der Waals surface area contributed by atoms with E-state index in [-0.39, 0.29) is 0 Å². The van der Waals surface area contributed by atoms with Gasteiger partial charge in [-0.25, -0.2) is 4.98 Å². The SMILES string of the molecule is CCC(Cl)CCCc1cn2ccsc2n1. The number of thiazole rings is 1. The van der Waals surface area contributed by atoms with Crippen LogP contribution in [-0.4, -0.2) is 14.8 Å². The number of halogens is 1. The number of rotatable bonds is 5. The lowest BCUT2D eigenvalue weighted by atomic mass is 10.1. The molecular formula is C11H15ClN2S. The molecule has 1 atom stereocenters. The third-order valence-corrected chi connectivity index (χ3v) is 3.83. The summed E-state index contributed by atoms with van der Waals surface area (Å²) in [5, 5.41) is 2.38. The van der Waals surface area contributed by atoms with Crippen LogP contribution in [0.4, 0.5) is 0 Å². The van der Waals surface area contributed by atoms with Crippen LogP contribution >= 0.6 is 22.9 Å². The fraction of sp³-hybridized carbons (Fsp3) is 0.545. The summed E-state index contributed by atoms with van der Waals surface area (Å²) in [6.45, 7) is 2.13. The largest absolute Gasteiger partial charge is 0.297 e. The number of hydrogen-bond acceptors (Lipinski definition) is 2. The molecule has 82 valence electrons. The van der Waals surface area contributed by atoms with E-state index < -0.39 is 0 Å². The summed E-state index contributed by atoms with van der Waals surface area (Å²) in [4.78, 5) is 5.62. The third-order valence-electron chi connectivity index (χ3n) is 2.54. The summed E-state index contributed by atoms with van der Waals surface area (Å²) in [5.74, 6) is 0. The van der Waals surface area contributed by atoms with Gasteiger partial charge in [0.05, 0.1) is 5.69 Å². The van der Waals surface area contributed by atoms with Gasteiger partial charge in [0.1, 0.15) is 0 Å². The highest BCUT2D eigenvalue weighted by Crippen LogP contribution is 2.15. The Hall–Kier alpha value is -0.540. The molecule has 4 heteroatoms. The van der Waals surface area contributed by atoms with Gasteiger partial charge < -0.3 is 0 Å². The van der Waals surface area contributed by atoms with Gasteiger partial charge in [0.25, 0.3) is 0 Å². The minimum Gasteiger partial charge on any atom is -0.297 e. The van der Waals surface area contributed by atoms with E-state index in [2.05, 4.69) is 27.9 Å².